The number of carbonyl (C=O) groups excluding carboxylic acids is 1. The third kappa shape index (κ3) is 4.37. The van der Waals surface area contributed by atoms with Crippen molar-refractivity contribution in [1.29, 1.82) is 0 Å². The predicted molar refractivity (Wildman–Crippen MR) is 78.7 cm³/mol. The van der Waals surface area contributed by atoms with Gasteiger partial charge >= 0.3 is 12.2 Å². The lowest BCUT2D eigenvalue weighted by atomic mass is 9.98. The van der Waals surface area contributed by atoms with E-state index in [1.165, 1.54) is 12.1 Å². The number of halogens is 3. The van der Waals surface area contributed by atoms with Crippen molar-refractivity contribution in [2.24, 2.45) is 5.92 Å². The van der Waals surface area contributed by atoms with Crippen molar-refractivity contribution in [1.82, 2.24) is 10.2 Å². The monoisotopic (exact) mass is 315 g/mol. The lowest BCUT2D eigenvalue weighted by Crippen LogP contribution is -2.44. The fraction of sp³-hybridized carbons (Fsp3) is 0.533. The molecule has 0 bridgehead atoms. The average molecular weight is 315 g/mol. The summed E-state index contributed by atoms with van der Waals surface area (Å²) in [7, 11) is 1.86. The van der Waals surface area contributed by atoms with Gasteiger partial charge in [0.1, 0.15) is 0 Å². The second-order valence-electron chi connectivity index (χ2n) is 5.52. The standard InChI is InChI=1S/C15H20F3N3O/c1-19-9-11-4-3-7-21(10-11)14(22)20-13-6-2-5-12(8-13)15(16,17)18/h2,5-6,8,11,19H,3-4,7,9-10H2,1H3,(H,20,22). The van der Waals surface area contributed by atoms with Crippen molar-refractivity contribution in [3.63, 3.8) is 0 Å². The van der Waals surface area contributed by atoms with Crippen molar-refractivity contribution in [2.75, 3.05) is 32.0 Å². The third-order valence-corrected chi connectivity index (χ3v) is 3.74. The lowest BCUT2D eigenvalue weighted by Gasteiger charge is -2.32. The van der Waals surface area contributed by atoms with E-state index in [1.54, 1.807) is 4.90 Å². The third-order valence-electron chi connectivity index (χ3n) is 3.74. The minimum Gasteiger partial charge on any atom is -0.324 e. The highest BCUT2D eigenvalue weighted by Gasteiger charge is 2.30. The summed E-state index contributed by atoms with van der Waals surface area (Å²) in [6.07, 6.45) is -2.46. The maximum absolute atomic E-state index is 12.7. The zero-order chi connectivity index (χ0) is 16.2. The van der Waals surface area contributed by atoms with Gasteiger partial charge in [0.2, 0.25) is 0 Å². The Hall–Kier alpha value is -1.76. The van der Waals surface area contributed by atoms with Crippen molar-refractivity contribution >= 4 is 11.7 Å². The second-order valence-corrected chi connectivity index (χ2v) is 5.52. The number of anilines is 1. The van der Waals surface area contributed by atoms with Crippen molar-refractivity contribution in [3.8, 4) is 0 Å². The molecule has 2 amide bonds. The van der Waals surface area contributed by atoms with Crippen LogP contribution >= 0.6 is 0 Å². The molecular weight excluding hydrogens is 295 g/mol. The smallest absolute Gasteiger partial charge is 0.324 e. The van der Waals surface area contributed by atoms with Gasteiger partial charge in [0.15, 0.2) is 0 Å². The zero-order valence-corrected chi connectivity index (χ0v) is 12.4. The van der Waals surface area contributed by atoms with Crippen molar-refractivity contribution < 1.29 is 18.0 Å². The first-order valence-electron chi connectivity index (χ1n) is 7.28. The van der Waals surface area contributed by atoms with Crippen molar-refractivity contribution in [3.05, 3.63) is 29.8 Å². The molecule has 1 aliphatic rings. The molecular formula is C15H20F3N3O. The van der Waals surface area contributed by atoms with Gasteiger partial charge in [-0.25, -0.2) is 4.79 Å². The minimum atomic E-state index is -4.41. The van der Waals surface area contributed by atoms with E-state index in [2.05, 4.69) is 10.6 Å². The first-order chi connectivity index (χ1) is 10.4. The fourth-order valence-corrected chi connectivity index (χ4v) is 2.68. The van der Waals surface area contributed by atoms with Gasteiger partial charge in [0.25, 0.3) is 0 Å². The number of urea groups is 1. The molecule has 122 valence electrons. The molecule has 0 aromatic heterocycles. The van der Waals surface area contributed by atoms with E-state index in [0.717, 1.165) is 31.5 Å². The summed E-state index contributed by atoms with van der Waals surface area (Å²) in [6, 6.07) is 4.34. The van der Waals surface area contributed by atoms with E-state index in [1.807, 2.05) is 7.05 Å². The molecule has 1 fully saturated rings. The summed E-state index contributed by atoms with van der Waals surface area (Å²) >= 11 is 0. The number of carbonyl (C=O) groups is 1. The van der Waals surface area contributed by atoms with Crippen LogP contribution in [0.15, 0.2) is 24.3 Å². The molecule has 1 atom stereocenters. The van der Waals surface area contributed by atoms with Crippen LogP contribution in [0.4, 0.5) is 23.7 Å². The summed E-state index contributed by atoms with van der Waals surface area (Å²) < 4.78 is 38.0. The van der Waals surface area contributed by atoms with E-state index in [0.29, 0.717) is 19.0 Å². The number of likely N-dealkylation sites (tertiary alicyclic amines) is 1. The van der Waals surface area contributed by atoms with Gasteiger partial charge in [-0.3, -0.25) is 0 Å². The SMILES string of the molecule is CNCC1CCCN(C(=O)Nc2cccc(C(F)(F)F)c2)C1. The van der Waals surface area contributed by atoms with Crippen LogP contribution in [0, 0.1) is 5.92 Å². The van der Waals surface area contributed by atoms with Crippen LogP contribution in [0.25, 0.3) is 0 Å². The first-order valence-corrected chi connectivity index (χ1v) is 7.28. The van der Waals surface area contributed by atoms with E-state index in [-0.39, 0.29) is 11.7 Å². The Morgan fingerprint density at radius 1 is 1.41 bits per heavy atom. The Balaban J connectivity index is 1.99. The summed E-state index contributed by atoms with van der Waals surface area (Å²) in [5, 5.41) is 5.64. The number of nitrogens with zero attached hydrogens (tertiary/aromatic N) is 1. The summed E-state index contributed by atoms with van der Waals surface area (Å²) in [5.41, 5.74) is -0.604. The topological polar surface area (TPSA) is 44.4 Å². The quantitative estimate of drug-likeness (QED) is 0.900. The first kappa shape index (κ1) is 16.6. The number of nitrogens with one attached hydrogen (secondary N) is 2. The highest BCUT2D eigenvalue weighted by atomic mass is 19.4. The van der Waals surface area contributed by atoms with E-state index in [9.17, 15) is 18.0 Å². The largest absolute Gasteiger partial charge is 0.416 e. The highest BCUT2D eigenvalue weighted by Crippen LogP contribution is 2.30. The highest BCUT2D eigenvalue weighted by molar-refractivity contribution is 5.89. The molecule has 2 N–H and O–H groups in total. The van der Waals surface area contributed by atoms with Crippen LogP contribution in [0.2, 0.25) is 0 Å². The molecule has 1 unspecified atom stereocenters. The summed E-state index contributed by atoms with van der Waals surface area (Å²) in [4.78, 5) is 13.8. The van der Waals surface area contributed by atoms with Crippen LogP contribution < -0.4 is 10.6 Å². The molecule has 4 nitrogen and oxygen atoms in total. The maximum atomic E-state index is 12.7. The van der Waals surface area contributed by atoms with E-state index in [4.69, 9.17) is 0 Å². The van der Waals surface area contributed by atoms with Crippen LogP contribution in [-0.4, -0.2) is 37.6 Å². The number of benzene rings is 1. The Morgan fingerprint density at radius 2 is 2.18 bits per heavy atom. The Bertz CT molecular complexity index is 517. The molecule has 0 spiro atoms. The van der Waals surface area contributed by atoms with Gasteiger partial charge in [0, 0.05) is 18.8 Å². The van der Waals surface area contributed by atoms with E-state index >= 15 is 0 Å². The second kappa shape index (κ2) is 7.00. The van der Waals surface area contributed by atoms with Gasteiger partial charge in [-0.15, -0.1) is 0 Å². The predicted octanol–water partition coefficient (Wildman–Crippen LogP) is 3.17. The van der Waals surface area contributed by atoms with Gasteiger partial charge in [0.05, 0.1) is 5.56 Å². The molecule has 1 saturated heterocycles. The van der Waals surface area contributed by atoms with Gasteiger partial charge < -0.3 is 15.5 Å². The number of rotatable bonds is 3. The Labute approximate surface area is 127 Å². The number of hydrogen-bond acceptors (Lipinski definition) is 2. The van der Waals surface area contributed by atoms with E-state index < -0.39 is 11.7 Å². The van der Waals surface area contributed by atoms with Gasteiger partial charge in [-0.2, -0.15) is 13.2 Å². The molecule has 7 heteroatoms. The molecule has 0 saturated carbocycles. The molecule has 1 aliphatic heterocycles. The molecule has 1 aromatic carbocycles. The number of alkyl halides is 3. The van der Waals surface area contributed by atoms with Crippen LogP contribution in [0.5, 0.6) is 0 Å². The molecule has 22 heavy (non-hydrogen) atoms. The van der Waals surface area contributed by atoms with Gasteiger partial charge in [-0.05, 0) is 50.6 Å². The van der Waals surface area contributed by atoms with Crippen LogP contribution in [0.1, 0.15) is 18.4 Å². The molecule has 0 aliphatic carbocycles. The number of piperidine rings is 1. The van der Waals surface area contributed by atoms with Crippen LogP contribution in [0.3, 0.4) is 0 Å². The Morgan fingerprint density at radius 3 is 2.86 bits per heavy atom. The van der Waals surface area contributed by atoms with Crippen molar-refractivity contribution in [2.45, 2.75) is 19.0 Å². The maximum Gasteiger partial charge on any atom is 0.416 e. The molecule has 0 radical (unpaired) electrons. The summed E-state index contributed by atoms with van der Waals surface area (Å²) in [5.74, 6) is 0.381. The van der Waals surface area contributed by atoms with Crippen LogP contribution in [-0.2, 0) is 6.18 Å². The number of amides is 2. The van der Waals surface area contributed by atoms with Gasteiger partial charge in [-0.1, -0.05) is 6.07 Å². The molecule has 1 heterocycles. The summed E-state index contributed by atoms with van der Waals surface area (Å²) in [6.45, 7) is 2.07. The Kier molecular flexibility index (Phi) is 5.28. The normalized spacial score (nSPS) is 19.1. The molecule has 2 rings (SSSR count). The number of hydrogen-bond donors (Lipinski definition) is 2. The fourth-order valence-electron chi connectivity index (χ4n) is 2.68. The lowest BCUT2D eigenvalue weighted by molar-refractivity contribution is -0.137. The molecule has 1 aromatic rings. The minimum absolute atomic E-state index is 0.163. The zero-order valence-electron chi connectivity index (χ0n) is 12.4. The average Bonchev–Trinajstić information content (AvgIpc) is 2.47.